The molecule has 1 aromatic carbocycles. The van der Waals surface area contributed by atoms with Gasteiger partial charge in [0.25, 0.3) is 0 Å². The summed E-state index contributed by atoms with van der Waals surface area (Å²) in [7, 11) is 0. The van der Waals surface area contributed by atoms with E-state index in [1.54, 1.807) is 18.2 Å². The highest BCUT2D eigenvalue weighted by Gasteiger charge is 2.15. The van der Waals surface area contributed by atoms with Crippen molar-refractivity contribution in [1.29, 1.82) is 0 Å². The standard InChI is InChI=1S/C16H23NO2/c18-15-11-7-6-8-13(15)12-16(19)17-14-9-4-2-1-3-5-10-14/h6-8,11,14,18H,1-5,9-10,12H2,(H,17,19). The van der Waals surface area contributed by atoms with Gasteiger partial charge in [0.15, 0.2) is 0 Å². The summed E-state index contributed by atoms with van der Waals surface area (Å²) in [6.45, 7) is 0. The molecule has 1 aliphatic carbocycles. The van der Waals surface area contributed by atoms with Crippen molar-refractivity contribution in [1.82, 2.24) is 5.32 Å². The van der Waals surface area contributed by atoms with Crippen LogP contribution in [-0.4, -0.2) is 17.1 Å². The number of hydrogen-bond acceptors (Lipinski definition) is 2. The van der Waals surface area contributed by atoms with Crippen LogP contribution in [0.15, 0.2) is 24.3 Å². The van der Waals surface area contributed by atoms with Crippen LogP contribution in [-0.2, 0) is 11.2 Å². The summed E-state index contributed by atoms with van der Waals surface area (Å²) in [4.78, 5) is 12.0. The minimum Gasteiger partial charge on any atom is -0.508 e. The Hall–Kier alpha value is -1.51. The van der Waals surface area contributed by atoms with Crippen LogP contribution in [0.3, 0.4) is 0 Å². The minimum absolute atomic E-state index is 0.0204. The summed E-state index contributed by atoms with van der Waals surface area (Å²) in [6.07, 6.45) is 8.77. The monoisotopic (exact) mass is 261 g/mol. The Morgan fingerprint density at radius 1 is 1.11 bits per heavy atom. The molecule has 0 bridgehead atoms. The average Bonchev–Trinajstić information content (AvgIpc) is 2.35. The molecule has 104 valence electrons. The Kier molecular flexibility index (Phi) is 5.25. The molecule has 2 N–H and O–H groups in total. The lowest BCUT2D eigenvalue weighted by molar-refractivity contribution is -0.121. The lowest BCUT2D eigenvalue weighted by Crippen LogP contribution is -2.36. The summed E-state index contributed by atoms with van der Waals surface area (Å²) in [6, 6.07) is 7.36. The molecule has 2 rings (SSSR count). The fourth-order valence-corrected chi connectivity index (χ4v) is 2.71. The second kappa shape index (κ2) is 7.17. The first-order valence-electron chi connectivity index (χ1n) is 7.32. The Morgan fingerprint density at radius 3 is 2.42 bits per heavy atom. The van der Waals surface area contributed by atoms with E-state index in [0.717, 1.165) is 12.8 Å². The van der Waals surface area contributed by atoms with Crippen molar-refractivity contribution in [2.75, 3.05) is 0 Å². The van der Waals surface area contributed by atoms with Crippen LogP contribution in [0.25, 0.3) is 0 Å². The highest BCUT2D eigenvalue weighted by molar-refractivity contribution is 5.79. The highest BCUT2D eigenvalue weighted by atomic mass is 16.3. The Bertz CT molecular complexity index is 409. The zero-order valence-electron chi connectivity index (χ0n) is 11.4. The van der Waals surface area contributed by atoms with Gasteiger partial charge >= 0.3 is 0 Å². The van der Waals surface area contributed by atoms with Gasteiger partial charge in [-0.25, -0.2) is 0 Å². The van der Waals surface area contributed by atoms with Crippen molar-refractivity contribution < 1.29 is 9.90 Å². The number of phenolic OH excluding ortho intramolecular Hbond substituents is 1. The number of aromatic hydroxyl groups is 1. The molecule has 1 aromatic rings. The third kappa shape index (κ3) is 4.58. The number of amides is 1. The van der Waals surface area contributed by atoms with Crippen LogP contribution in [0.5, 0.6) is 5.75 Å². The van der Waals surface area contributed by atoms with Gasteiger partial charge in [-0.1, -0.05) is 50.3 Å². The van der Waals surface area contributed by atoms with Gasteiger partial charge in [0.1, 0.15) is 5.75 Å². The van der Waals surface area contributed by atoms with Crippen LogP contribution in [0.4, 0.5) is 0 Å². The summed E-state index contributed by atoms with van der Waals surface area (Å²) in [5.74, 6) is 0.224. The predicted octanol–water partition coefficient (Wildman–Crippen LogP) is 3.16. The number of para-hydroxylation sites is 1. The van der Waals surface area contributed by atoms with Crippen molar-refractivity contribution >= 4 is 5.91 Å². The van der Waals surface area contributed by atoms with Crippen molar-refractivity contribution in [3.63, 3.8) is 0 Å². The quantitative estimate of drug-likeness (QED) is 0.878. The van der Waals surface area contributed by atoms with E-state index in [1.165, 1.54) is 32.1 Å². The summed E-state index contributed by atoms with van der Waals surface area (Å²) in [5.41, 5.74) is 0.700. The van der Waals surface area contributed by atoms with Gasteiger partial charge in [0.2, 0.25) is 5.91 Å². The fourth-order valence-electron chi connectivity index (χ4n) is 2.71. The SMILES string of the molecule is O=C(Cc1ccccc1O)NC1CCCCCCC1. The van der Waals surface area contributed by atoms with Gasteiger partial charge in [-0.3, -0.25) is 4.79 Å². The number of phenols is 1. The van der Waals surface area contributed by atoms with Gasteiger partial charge in [0, 0.05) is 11.6 Å². The van der Waals surface area contributed by atoms with E-state index in [9.17, 15) is 9.90 Å². The van der Waals surface area contributed by atoms with Gasteiger partial charge in [0.05, 0.1) is 6.42 Å². The molecule has 3 nitrogen and oxygen atoms in total. The molecule has 0 atom stereocenters. The maximum Gasteiger partial charge on any atom is 0.224 e. The molecular formula is C16H23NO2. The lowest BCUT2D eigenvalue weighted by atomic mass is 9.96. The van der Waals surface area contributed by atoms with Crippen molar-refractivity contribution in [2.45, 2.75) is 57.4 Å². The van der Waals surface area contributed by atoms with Gasteiger partial charge in [-0.2, -0.15) is 0 Å². The largest absolute Gasteiger partial charge is 0.508 e. The van der Waals surface area contributed by atoms with E-state index < -0.39 is 0 Å². The molecule has 0 saturated heterocycles. The molecule has 1 amide bonds. The third-order valence-corrected chi connectivity index (χ3v) is 3.81. The number of benzene rings is 1. The smallest absolute Gasteiger partial charge is 0.224 e. The van der Waals surface area contributed by atoms with Crippen molar-refractivity contribution in [3.8, 4) is 5.75 Å². The van der Waals surface area contributed by atoms with Crippen molar-refractivity contribution in [3.05, 3.63) is 29.8 Å². The van der Waals surface area contributed by atoms with Crippen LogP contribution in [0, 0.1) is 0 Å². The average molecular weight is 261 g/mol. The topological polar surface area (TPSA) is 49.3 Å². The number of carbonyl (C=O) groups is 1. The molecule has 19 heavy (non-hydrogen) atoms. The van der Waals surface area contributed by atoms with Crippen LogP contribution >= 0.6 is 0 Å². The first-order chi connectivity index (χ1) is 9.25. The molecule has 1 aliphatic rings. The molecule has 3 heteroatoms. The molecule has 1 saturated carbocycles. The zero-order valence-corrected chi connectivity index (χ0v) is 11.4. The molecule has 0 heterocycles. The normalized spacial score (nSPS) is 17.5. The van der Waals surface area contributed by atoms with Gasteiger partial charge in [-0.15, -0.1) is 0 Å². The number of carbonyl (C=O) groups excluding carboxylic acids is 1. The van der Waals surface area contributed by atoms with E-state index in [1.807, 2.05) is 6.07 Å². The maximum atomic E-state index is 12.0. The first kappa shape index (κ1) is 13.9. The van der Waals surface area contributed by atoms with Crippen molar-refractivity contribution in [2.24, 2.45) is 0 Å². The van der Waals surface area contributed by atoms with Gasteiger partial charge in [-0.05, 0) is 18.9 Å². The number of hydrogen-bond donors (Lipinski definition) is 2. The molecule has 0 radical (unpaired) electrons. The van der Waals surface area contributed by atoms with E-state index in [-0.39, 0.29) is 18.1 Å². The minimum atomic E-state index is 0.0204. The van der Waals surface area contributed by atoms with E-state index in [2.05, 4.69) is 5.32 Å². The lowest BCUT2D eigenvalue weighted by Gasteiger charge is -2.21. The molecule has 0 aromatic heterocycles. The third-order valence-electron chi connectivity index (χ3n) is 3.81. The fraction of sp³-hybridized carbons (Fsp3) is 0.562. The molecule has 0 unspecified atom stereocenters. The van der Waals surface area contributed by atoms with Crippen LogP contribution in [0.2, 0.25) is 0 Å². The second-order valence-electron chi connectivity index (χ2n) is 5.42. The second-order valence-corrected chi connectivity index (χ2v) is 5.42. The molecule has 0 spiro atoms. The Balaban J connectivity index is 1.84. The van der Waals surface area contributed by atoms with Crippen LogP contribution in [0.1, 0.15) is 50.5 Å². The number of rotatable bonds is 3. The summed E-state index contributed by atoms with van der Waals surface area (Å²) in [5, 5.41) is 12.8. The van der Waals surface area contributed by atoms with Crippen LogP contribution < -0.4 is 5.32 Å². The molecule has 1 fully saturated rings. The Morgan fingerprint density at radius 2 is 1.74 bits per heavy atom. The first-order valence-corrected chi connectivity index (χ1v) is 7.32. The highest BCUT2D eigenvalue weighted by Crippen LogP contribution is 2.18. The number of nitrogens with one attached hydrogen (secondary N) is 1. The van der Waals surface area contributed by atoms with Gasteiger partial charge < -0.3 is 10.4 Å². The molecule has 0 aliphatic heterocycles. The summed E-state index contributed by atoms with van der Waals surface area (Å²) < 4.78 is 0. The Labute approximate surface area is 115 Å². The maximum absolute atomic E-state index is 12.0. The summed E-state index contributed by atoms with van der Waals surface area (Å²) >= 11 is 0. The van der Waals surface area contributed by atoms with E-state index >= 15 is 0 Å². The zero-order chi connectivity index (χ0) is 13.5. The van der Waals surface area contributed by atoms with E-state index in [4.69, 9.17) is 0 Å². The molecular weight excluding hydrogens is 238 g/mol. The van der Waals surface area contributed by atoms with E-state index in [0.29, 0.717) is 11.6 Å². The predicted molar refractivity (Wildman–Crippen MR) is 76.1 cm³/mol.